The highest BCUT2D eigenvalue weighted by Gasteiger charge is 2.52. The molecule has 0 N–H and O–H groups in total. The van der Waals surface area contributed by atoms with Gasteiger partial charge in [0.15, 0.2) is 8.07 Å². The molecule has 20 rings (SSSR count). The van der Waals surface area contributed by atoms with Crippen molar-refractivity contribution in [2.24, 2.45) is 0 Å². The van der Waals surface area contributed by atoms with Gasteiger partial charge in [0.2, 0.25) is 0 Å². The van der Waals surface area contributed by atoms with E-state index in [2.05, 4.69) is 510 Å². The second kappa shape index (κ2) is 33.7. The van der Waals surface area contributed by atoms with Crippen molar-refractivity contribution in [3.8, 4) is 178 Å². The van der Waals surface area contributed by atoms with Crippen molar-refractivity contribution < 1.29 is 0 Å². The van der Waals surface area contributed by atoms with Crippen LogP contribution in [0.3, 0.4) is 0 Å². The van der Waals surface area contributed by atoms with Crippen molar-refractivity contribution in [3.63, 3.8) is 0 Å². The number of hydrogen-bond donors (Lipinski definition) is 0. The van der Waals surface area contributed by atoms with Crippen molar-refractivity contribution in [2.45, 2.75) is 0 Å². The third kappa shape index (κ3) is 14.0. The normalized spacial score (nSPS) is 11.3. The van der Waals surface area contributed by atoms with Gasteiger partial charge < -0.3 is 0 Å². The molecule has 0 heterocycles. The monoisotopic (exact) mass is 1550 g/mol. The average molecular weight is 1550 g/mol. The molecule has 0 unspecified atom stereocenters. The minimum absolute atomic E-state index is 1.08. The summed E-state index contributed by atoms with van der Waals surface area (Å²) in [6.45, 7) is 0. The van der Waals surface area contributed by atoms with Crippen LogP contribution in [0, 0.1) is 0 Å². The van der Waals surface area contributed by atoms with Gasteiger partial charge in [0.05, 0.1) is 0 Å². The quantitative estimate of drug-likeness (QED) is 0.0527. The Morgan fingerprint density at radius 2 is 0.190 bits per heavy atom. The van der Waals surface area contributed by atoms with E-state index >= 15 is 0 Å². The van der Waals surface area contributed by atoms with E-state index in [0.29, 0.717) is 0 Å². The topological polar surface area (TPSA) is 0 Å². The third-order valence-corrected chi connectivity index (χ3v) is 28.8. The van der Waals surface area contributed by atoms with Crippen LogP contribution in [0.1, 0.15) is 0 Å². The van der Waals surface area contributed by atoms with Gasteiger partial charge in [0.1, 0.15) is 0 Å². The zero-order valence-electron chi connectivity index (χ0n) is 67.0. The van der Waals surface area contributed by atoms with Crippen LogP contribution in [-0.4, -0.2) is 8.07 Å². The fourth-order valence-electron chi connectivity index (χ4n) is 19.0. The summed E-state index contributed by atoms with van der Waals surface area (Å²) in [6, 6.07) is 193. The highest BCUT2D eigenvalue weighted by Crippen LogP contribution is 2.54. The van der Waals surface area contributed by atoms with Gasteiger partial charge in [0.25, 0.3) is 0 Å². The number of benzene rings is 20. The molecule has 0 nitrogen and oxygen atoms in total. The van der Waals surface area contributed by atoms with Crippen LogP contribution in [0.15, 0.2) is 510 Å². The lowest BCUT2D eigenvalue weighted by atomic mass is 9.82. The Bertz CT molecular complexity index is 6110. The third-order valence-electron chi connectivity index (χ3n) is 24.0. The van der Waals surface area contributed by atoms with Gasteiger partial charge in [-0.15, -0.1) is 0 Å². The largest absolute Gasteiger partial charge is 0.182 e. The highest BCUT2D eigenvalue weighted by atomic mass is 28.3. The van der Waals surface area contributed by atoms with Crippen LogP contribution in [-0.2, 0) is 0 Å². The Morgan fingerprint density at radius 1 is 0.0909 bits per heavy atom. The number of rotatable bonds is 20. The second-order valence-electron chi connectivity index (χ2n) is 31.0. The van der Waals surface area contributed by atoms with Crippen LogP contribution < -0.4 is 20.7 Å². The first-order chi connectivity index (χ1) is 60.2. The fraction of sp³-hybridized carbons (Fsp3) is 0. The van der Waals surface area contributed by atoms with Crippen LogP contribution >= 0.6 is 0 Å². The van der Waals surface area contributed by atoms with Crippen LogP contribution in [0.2, 0.25) is 0 Å². The summed E-state index contributed by atoms with van der Waals surface area (Å²) < 4.78 is 0. The molecule has 0 aliphatic carbocycles. The fourth-order valence-corrected chi connectivity index (χ4v) is 24.7. The minimum atomic E-state index is -5.02. The molecule has 20 aromatic carbocycles. The molecule has 0 saturated heterocycles. The SMILES string of the molecule is c1ccc(-c2cc([Si](c3cc(-c4ccccc4)c(-c4ccccc4)c(-c4ccccc4)c3-c3ccccc3)(c3cc(-c4ccccc4)c(-c4ccccc4)c(-c4ccccc4)c3-c3ccccc3)c3cc(-c4ccccc4)c(-c4ccccc4)c(-c4ccccc4)c3-c3ccccc3)c(-c3ccccc3)c(-c3ccccc3)c2-c2ccccc2)cc1. The predicted octanol–water partition coefficient (Wildman–Crippen LogP) is 29.7. The summed E-state index contributed by atoms with van der Waals surface area (Å²) in [4.78, 5) is 0. The van der Waals surface area contributed by atoms with E-state index in [1.807, 2.05) is 0 Å². The zero-order chi connectivity index (χ0) is 80.7. The average Bonchev–Trinajstić information content (AvgIpc) is 0.670. The molecule has 0 bridgehead atoms. The van der Waals surface area contributed by atoms with Crippen LogP contribution in [0.5, 0.6) is 0 Å². The maximum Gasteiger partial charge on any atom is 0.182 e. The molecule has 0 radical (unpaired) electrons. The second-order valence-corrected chi connectivity index (χ2v) is 34.6. The first-order valence-electron chi connectivity index (χ1n) is 41.9. The molecule has 0 saturated carbocycles. The minimum Gasteiger partial charge on any atom is -0.0622 e. The smallest absolute Gasteiger partial charge is 0.0622 e. The summed E-state index contributed by atoms with van der Waals surface area (Å²) in [5.74, 6) is 0. The maximum atomic E-state index is 2.76. The highest BCUT2D eigenvalue weighted by molar-refractivity contribution is 7.22. The molecule has 568 valence electrons. The van der Waals surface area contributed by atoms with Crippen molar-refractivity contribution in [2.75, 3.05) is 0 Å². The molecule has 0 aromatic heterocycles. The summed E-state index contributed by atoms with van der Waals surface area (Å²) in [5, 5.41) is 4.79. The molecular weight excluding hydrogens is 1470 g/mol. The first kappa shape index (κ1) is 74.4. The van der Waals surface area contributed by atoms with E-state index in [-0.39, 0.29) is 0 Å². The van der Waals surface area contributed by atoms with E-state index in [4.69, 9.17) is 0 Å². The molecule has 0 fully saturated rings. The molecule has 0 spiro atoms. The summed E-state index contributed by atoms with van der Waals surface area (Å²) in [5.41, 5.74) is 35.5. The molecular formula is C120H84Si. The molecule has 0 aliphatic heterocycles. The molecule has 0 atom stereocenters. The van der Waals surface area contributed by atoms with Crippen molar-refractivity contribution in [1.29, 1.82) is 0 Å². The van der Waals surface area contributed by atoms with Gasteiger partial charge >= 0.3 is 0 Å². The lowest BCUT2D eigenvalue weighted by Gasteiger charge is -2.44. The van der Waals surface area contributed by atoms with Gasteiger partial charge in [0, 0.05) is 0 Å². The van der Waals surface area contributed by atoms with Gasteiger partial charge in [-0.2, -0.15) is 0 Å². The van der Waals surface area contributed by atoms with Gasteiger partial charge in [-0.3, -0.25) is 0 Å². The Balaban J connectivity index is 1.23. The summed E-state index contributed by atoms with van der Waals surface area (Å²) in [6.07, 6.45) is 0. The van der Waals surface area contributed by atoms with Crippen molar-refractivity contribution in [3.05, 3.63) is 510 Å². The lowest BCUT2D eigenvalue weighted by Crippen LogP contribution is -2.76. The van der Waals surface area contributed by atoms with Crippen LogP contribution in [0.25, 0.3) is 178 Å². The van der Waals surface area contributed by atoms with Crippen molar-refractivity contribution in [1.82, 2.24) is 0 Å². The molecule has 0 aliphatic rings. The van der Waals surface area contributed by atoms with Gasteiger partial charge in [-0.25, -0.2) is 0 Å². The Labute approximate surface area is 711 Å². The van der Waals surface area contributed by atoms with Gasteiger partial charge in [-0.05, 0) is 199 Å². The number of hydrogen-bond acceptors (Lipinski definition) is 0. The summed E-state index contributed by atoms with van der Waals surface area (Å²) in [7, 11) is -5.02. The Hall–Kier alpha value is -15.4. The molecule has 0 amide bonds. The predicted molar refractivity (Wildman–Crippen MR) is 517 cm³/mol. The van der Waals surface area contributed by atoms with E-state index < -0.39 is 8.07 Å². The first-order valence-corrected chi connectivity index (χ1v) is 43.9. The lowest BCUT2D eigenvalue weighted by molar-refractivity contribution is 1.52. The summed E-state index contributed by atoms with van der Waals surface area (Å²) >= 11 is 0. The van der Waals surface area contributed by atoms with E-state index in [9.17, 15) is 0 Å². The zero-order valence-corrected chi connectivity index (χ0v) is 68.0. The molecule has 20 aromatic rings. The standard InChI is InChI=1S/C120H84Si/c1-17-49-85(50-18-1)101-81-105(113(93-65-33-9-34-66-93)117(97-73-41-13-42-74-97)109(101)89-57-25-5-26-58-89)121(106-82-102(86-51-19-2-20-52-86)110(90-59-27-6-28-60-90)118(98-75-43-14-44-76-98)114(106)94-67-35-10-36-68-94,107-83-103(87-53-21-3-22-54-87)111(91-61-29-7-30-62-91)119(99-77-45-15-46-78-99)115(107)95-69-37-11-38-70-95)108-84-104(88-55-23-4-24-56-88)112(92-63-31-8-32-64-92)120(100-79-47-16-48-80-100)116(108)96-71-39-12-40-72-96/h1-84H. The maximum absolute atomic E-state index is 5.02. The Morgan fingerprint density at radius 3 is 0.314 bits per heavy atom. The van der Waals surface area contributed by atoms with Gasteiger partial charge in [-0.1, -0.05) is 510 Å². The van der Waals surface area contributed by atoms with E-state index in [0.717, 1.165) is 178 Å². The molecule has 1 heteroatoms. The van der Waals surface area contributed by atoms with E-state index in [1.54, 1.807) is 0 Å². The molecule has 121 heavy (non-hydrogen) atoms. The van der Waals surface area contributed by atoms with E-state index in [1.165, 1.54) is 20.7 Å². The Kier molecular flexibility index (Phi) is 20.7. The van der Waals surface area contributed by atoms with Crippen LogP contribution in [0.4, 0.5) is 0 Å². The van der Waals surface area contributed by atoms with Crippen molar-refractivity contribution >= 4 is 28.8 Å².